The van der Waals surface area contributed by atoms with E-state index in [1.54, 1.807) is 6.92 Å². The molecule has 94 valence electrons. The molecule has 1 nitrogen and oxygen atoms in total. The van der Waals surface area contributed by atoms with E-state index in [-0.39, 0.29) is 11.4 Å². The molecule has 0 fully saturated rings. The van der Waals surface area contributed by atoms with Gasteiger partial charge in [0.15, 0.2) is 5.78 Å². The Kier molecular flexibility index (Phi) is 4.44. The number of halogens is 5. The number of rotatable bonds is 3. The third-order valence-electron chi connectivity index (χ3n) is 2.20. The Labute approximate surface area is 107 Å². The second-order valence-corrected chi connectivity index (χ2v) is 4.39. The maximum atomic E-state index is 12.7. The summed E-state index contributed by atoms with van der Waals surface area (Å²) in [6.07, 6.45) is -4.36. The van der Waals surface area contributed by atoms with Gasteiger partial charge in [0.1, 0.15) is 0 Å². The van der Waals surface area contributed by atoms with Crippen LogP contribution >= 0.6 is 23.2 Å². The lowest BCUT2D eigenvalue weighted by molar-refractivity contribution is -0.137. The monoisotopic (exact) mass is 284 g/mol. The molecule has 0 amide bonds. The van der Waals surface area contributed by atoms with Gasteiger partial charge in [-0.15, -0.1) is 11.6 Å². The Morgan fingerprint density at radius 3 is 2.47 bits per heavy atom. The Balaban J connectivity index is 3.29. The molecule has 1 aromatic rings. The molecule has 0 saturated heterocycles. The van der Waals surface area contributed by atoms with Gasteiger partial charge in [-0.2, -0.15) is 13.2 Å². The molecule has 0 aliphatic heterocycles. The molecule has 0 bridgehead atoms. The van der Waals surface area contributed by atoms with Crippen LogP contribution in [0.4, 0.5) is 13.2 Å². The van der Waals surface area contributed by atoms with Gasteiger partial charge < -0.3 is 0 Å². The third-order valence-corrected chi connectivity index (χ3v) is 2.94. The first-order valence-corrected chi connectivity index (χ1v) is 5.63. The van der Waals surface area contributed by atoms with E-state index in [1.807, 2.05) is 0 Å². The molecule has 0 aromatic heterocycles. The van der Waals surface area contributed by atoms with Crippen LogP contribution in [0.1, 0.15) is 29.3 Å². The summed E-state index contributed by atoms with van der Waals surface area (Å²) in [7, 11) is 0. The number of alkyl halides is 4. The largest absolute Gasteiger partial charge is 0.417 e. The fourth-order valence-electron chi connectivity index (χ4n) is 1.32. The van der Waals surface area contributed by atoms with Crippen LogP contribution in [0.2, 0.25) is 5.02 Å². The number of carbonyl (C=O) groups excluding carboxylic acids is 1. The van der Waals surface area contributed by atoms with Gasteiger partial charge in [-0.3, -0.25) is 4.79 Å². The summed E-state index contributed by atoms with van der Waals surface area (Å²) >= 11 is 11.2. The maximum absolute atomic E-state index is 12.7. The summed E-state index contributed by atoms with van der Waals surface area (Å²) in [5.41, 5.74) is -1.49. The van der Waals surface area contributed by atoms with Crippen molar-refractivity contribution in [1.29, 1.82) is 0 Å². The first kappa shape index (κ1) is 14.3. The van der Waals surface area contributed by atoms with E-state index in [9.17, 15) is 18.0 Å². The SMILES string of the molecule is CCC(Cl)C(=O)c1ccc(Cl)cc1C(F)(F)F. The Hall–Kier alpha value is -0.740. The summed E-state index contributed by atoms with van der Waals surface area (Å²) in [4.78, 5) is 11.7. The van der Waals surface area contributed by atoms with Crippen molar-refractivity contribution in [3.8, 4) is 0 Å². The Morgan fingerprint density at radius 1 is 1.41 bits per heavy atom. The van der Waals surface area contributed by atoms with Crippen molar-refractivity contribution >= 4 is 29.0 Å². The predicted molar refractivity (Wildman–Crippen MR) is 60.7 cm³/mol. The standard InChI is InChI=1S/C11H9Cl2F3O/c1-2-9(13)10(17)7-4-3-6(12)5-8(7)11(14,15)16/h3-5,9H,2H2,1H3. The molecule has 1 rings (SSSR count). The van der Waals surface area contributed by atoms with Crippen LogP contribution in [0.15, 0.2) is 18.2 Å². The van der Waals surface area contributed by atoms with E-state index < -0.39 is 28.5 Å². The van der Waals surface area contributed by atoms with Gasteiger partial charge in [0.2, 0.25) is 0 Å². The van der Waals surface area contributed by atoms with Crippen LogP contribution in [-0.2, 0) is 6.18 Å². The van der Waals surface area contributed by atoms with Crippen molar-refractivity contribution in [3.05, 3.63) is 34.3 Å². The number of carbonyl (C=O) groups is 1. The van der Waals surface area contributed by atoms with Gasteiger partial charge >= 0.3 is 6.18 Å². The first-order chi connectivity index (χ1) is 7.77. The highest BCUT2D eigenvalue weighted by molar-refractivity contribution is 6.34. The molecular formula is C11H9Cl2F3O. The van der Waals surface area contributed by atoms with Gasteiger partial charge in [-0.1, -0.05) is 18.5 Å². The minimum absolute atomic E-state index is 0.0727. The molecule has 1 atom stereocenters. The molecule has 0 N–H and O–H groups in total. The predicted octanol–water partition coefficient (Wildman–Crippen LogP) is 4.56. The summed E-state index contributed by atoms with van der Waals surface area (Å²) in [6.45, 7) is 1.62. The number of hydrogen-bond acceptors (Lipinski definition) is 1. The number of Topliss-reactive ketones (excluding diaryl/α,β-unsaturated/α-hetero) is 1. The number of benzene rings is 1. The fourth-order valence-corrected chi connectivity index (χ4v) is 1.61. The molecule has 0 spiro atoms. The Bertz CT molecular complexity index is 429. The van der Waals surface area contributed by atoms with Crippen molar-refractivity contribution in [2.45, 2.75) is 24.9 Å². The highest BCUT2D eigenvalue weighted by atomic mass is 35.5. The van der Waals surface area contributed by atoms with Gasteiger partial charge in [0.05, 0.1) is 10.9 Å². The summed E-state index contributed by atoms with van der Waals surface area (Å²) in [5.74, 6) is -0.738. The smallest absolute Gasteiger partial charge is 0.292 e. The molecule has 17 heavy (non-hydrogen) atoms. The van der Waals surface area contributed by atoms with E-state index in [1.165, 1.54) is 6.07 Å². The summed E-state index contributed by atoms with van der Waals surface area (Å²) < 4.78 is 38.1. The van der Waals surface area contributed by atoms with Gasteiger partial charge in [-0.25, -0.2) is 0 Å². The van der Waals surface area contributed by atoms with Crippen molar-refractivity contribution in [3.63, 3.8) is 0 Å². The minimum atomic E-state index is -4.62. The zero-order valence-corrected chi connectivity index (χ0v) is 10.3. The van der Waals surface area contributed by atoms with Crippen LogP contribution in [-0.4, -0.2) is 11.2 Å². The lowest BCUT2D eigenvalue weighted by Gasteiger charge is -2.14. The summed E-state index contributed by atoms with van der Waals surface area (Å²) in [6, 6.07) is 3.02. The maximum Gasteiger partial charge on any atom is 0.417 e. The lowest BCUT2D eigenvalue weighted by Crippen LogP contribution is -2.19. The number of ketones is 1. The molecule has 0 radical (unpaired) electrons. The second kappa shape index (κ2) is 5.27. The normalized spacial score (nSPS) is 13.5. The number of hydrogen-bond donors (Lipinski definition) is 0. The highest BCUT2D eigenvalue weighted by Gasteiger charge is 2.36. The third kappa shape index (κ3) is 3.36. The molecule has 1 aromatic carbocycles. The highest BCUT2D eigenvalue weighted by Crippen LogP contribution is 2.34. The topological polar surface area (TPSA) is 17.1 Å². The van der Waals surface area contributed by atoms with E-state index in [0.29, 0.717) is 0 Å². The fraction of sp³-hybridized carbons (Fsp3) is 0.364. The van der Waals surface area contributed by atoms with E-state index >= 15 is 0 Å². The Morgan fingerprint density at radius 2 is 2.00 bits per heavy atom. The molecule has 1 unspecified atom stereocenters. The zero-order chi connectivity index (χ0) is 13.2. The molecule has 6 heteroatoms. The summed E-state index contributed by atoms with van der Waals surface area (Å²) in [5, 5.41) is -1.03. The van der Waals surface area contributed by atoms with E-state index in [2.05, 4.69) is 0 Å². The molecule has 0 saturated carbocycles. The average molecular weight is 285 g/mol. The van der Waals surface area contributed by atoms with Crippen molar-refractivity contribution < 1.29 is 18.0 Å². The van der Waals surface area contributed by atoms with Crippen molar-refractivity contribution in [2.75, 3.05) is 0 Å². The lowest BCUT2D eigenvalue weighted by atomic mass is 10.00. The zero-order valence-electron chi connectivity index (χ0n) is 8.81. The van der Waals surface area contributed by atoms with E-state index in [0.717, 1.165) is 12.1 Å². The van der Waals surface area contributed by atoms with Gasteiger partial charge in [0, 0.05) is 10.6 Å². The molecule has 0 heterocycles. The van der Waals surface area contributed by atoms with Gasteiger partial charge in [-0.05, 0) is 24.6 Å². The van der Waals surface area contributed by atoms with E-state index in [4.69, 9.17) is 23.2 Å². The quantitative estimate of drug-likeness (QED) is 0.587. The molecular weight excluding hydrogens is 276 g/mol. The van der Waals surface area contributed by atoms with Crippen molar-refractivity contribution in [1.82, 2.24) is 0 Å². The second-order valence-electron chi connectivity index (χ2n) is 3.43. The molecule has 0 aliphatic carbocycles. The van der Waals surface area contributed by atoms with Crippen LogP contribution < -0.4 is 0 Å². The molecule has 0 aliphatic rings. The van der Waals surface area contributed by atoms with Gasteiger partial charge in [0.25, 0.3) is 0 Å². The van der Waals surface area contributed by atoms with Crippen LogP contribution in [0.25, 0.3) is 0 Å². The first-order valence-electron chi connectivity index (χ1n) is 4.82. The average Bonchev–Trinajstić information content (AvgIpc) is 2.25. The van der Waals surface area contributed by atoms with Crippen LogP contribution in [0, 0.1) is 0 Å². The van der Waals surface area contributed by atoms with Crippen molar-refractivity contribution in [2.24, 2.45) is 0 Å². The van der Waals surface area contributed by atoms with Crippen LogP contribution in [0.5, 0.6) is 0 Å². The minimum Gasteiger partial charge on any atom is -0.292 e. The van der Waals surface area contributed by atoms with Crippen LogP contribution in [0.3, 0.4) is 0 Å².